The second-order valence-electron chi connectivity index (χ2n) is 8.19. The molecule has 2 saturated heterocycles. The molecule has 174 valence electrons. The molecule has 2 atom stereocenters. The molecule has 0 saturated carbocycles. The Kier molecular flexibility index (Phi) is 8.02. The Morgan fingerprint density at radius 2 is 1.72 bits per heavy atom. The normalized spacial score (nSPS) is 21.0. The molecule has 2 aliphatic rings. The lowest BCUT2D eigenvalue weighted by molar-refractivity contribution is -0.137. The van der Waals surface area contributed by atoms with Crippen molar-refractivity contribution in [2.24, 2.45) is 0 Å². The van der Waals surface area contributed by atoms with Crippen molar-refractivity contribution in [1.29, 1.82) is 0 Å². The maximum Gasteiger partial charge on any atom is 0.417 e. The fraction of sp³-hybridized carbons (Fsp3) is 0.435. The average molecular weight is 508 g/mol. The molecule has 9 heteroatoms. The fourth-order valence-electron chi connectivity index (χ4n) is 4.76. The number of nitrogens with zero attached hydrogens (tertiary/aromatic N) is 1. The van der Waals surface area contributed by atoms with Crippen molar-refractivity contribution in [3.8, 4) is 0 Å². The zero-order chi connectivity index (χ0) is 22.2. The zero-order valence-electron chi connectivity index (χ0n) is 17.2. The van der Waals surface area contributed by atoms with E-state index in [1.165, 1.54) is 31.2 Å². The lowest BCUT2D eigenvalue weighted by Gasteiger charge is -2.38. The van der Waals surface area contributed by atoms with E-state index in [1.807, 2.05) is 12.1 Å². The first-order valence-corrected chi connectivity index (χ1v) is 11.2. The van der Waals surface area contributed by atoms with Gasteiger partial charge < -0.3 is 5.32 Å². The third-order valence-electron chi connectivity index (χ3n) is 6.28. The smallest absolute Gasteiger partial charge is 0.348 e. The van der Waals surface area contributed by atoms with Gasteiger partial charge in [0.05, 0.1) is 21.2 Å². The van der Waals surface area contributed by atoms with Gasteiger partial charge in [-0.2, -0.15) is 13.2 Å². The Labute approximate surface area is 201 Å². The highest BCUT2D eigenvalue weighted by Gasteiger charge is 2.36. The van der Waals surface area contributed by atoms with Crippen LogP contribution < -0.4 is 5.32 Å². The summed E-state index contributed by atoms with van der Waals surface area (Å²) in [6.45, 7) is 1.31. The van der Waals surface area contributed by atoms with E-state index in [2.05, 4.69) is 22.3 Å². The summed E-state index contributed by atoms with van der Waals surface area (Å²) in [5.74, 6) is -0.739. The van der Waals surface area contributed by atoms with Gasteiger partial charge in [-0.25, -0.2) is 0 Å². The molecule has 2 aromatic rings. The lowest BCUT2D eigenvalue weighted by Crippen LogP contribution is -2.37. The number of amides is 1. The predicted molar refractivity (Wildman–Crippen MR) is 123 cm³/mol. The first-order valence-electron chi connectivity index (χ1n) is 10.4. The van der Waals surface area contributed by atoms with Crippen LogP contribution in [0.2, 0.25) is 10.0 Å². The third kappa shape index (κ3) is 5.19. The van der Waals surface area contributed by atoms with Gasteiger partial charge in [-0.1, -0.05) is 47.5 Å². The van der Waals surface area contributed by atoms with Crippen LogP contribution in [0.15, 0.2) is 36.4 Å². The summed E-state index contributed by atoms with van der Waals surface area (Å²) in [4.78, 5) is 15.1. The Bertz CT molecular complexity index is 966. The fourth-order valence-corrected chi connectivity index (χ4v) is 5.41. The number of carbonyl (C=O) groups is 1. The predicted octanol–water partition coefficient (Wildman–Crippen LogP) is 7.05. The van der Waals surface area contributed by atoms with E-state index in [9.17, 15) is 18.0 Å². The molecule has 2 aromatic carbocycles. The van der Waals surface area contributed by atoms with Crippen molar-refractivity contribution >= 4 is 41.5 Å². The minimum Gasteiger partial charge on any atom is -0.348 e. The summed E-state index contributed by atoms with van der Waals surface area (Å²) < 4.78 is 39.3. The quantitative estimate of drug-likeness (QED) is 0.481. The van der Waals surface area contributed by atoms with Gasteiger partial charge in [-0.05, 0) is 61.9 Å². The van der Waals surface area contributed by atoms with Gasteiger partial charge in [-0.15, -0.1) is 12.4 Å². The molecule has 1 N–H and O–H groups in total. The van der Waals surface area contributed by atoms with E-state index in [0.717, 1.165) is 30.7 Å². The highest BCUT2D eigenvalue weighted by molar-refractivity contribution is 6.40. The van der Waals surface area contributed by atoms with Gasteiger partial charge in [0.15, 0.2) is 0 Å². The Morgan fingerprint density at radius 3 is 2.41 bits per heavy atom. The molecular weight excluding hydrogens is 484 g/mol. The minimum absolute atomic E-state index is 0. The number of rotatable bonds is 4. The molecule has 0 spiro atoms. The summed E-state index contributed by atoms with van der Waals surface area (Å²) in [5, 5.41) is 1.81. The molecule has 2 fully saturated rings. The zero-order valence-corrected chi connectivity index (χ0v) is 19.6. The topological polar surface area (TPSA) is 32.3 Å². The van der Waals surface area contributed by atoms with Crippen molar-refractivity contribution in [2.45, 2.75) is 56.9 Å². The van der Waals surface area contributed by atoms with Crippen LogP contribution in [0.25, 0.3) is 0 Å². The van der Waals surface area contributed by atoms with Crippen molar-refractivity contribution in [2.75, 3.05) is 6.54 Å². The first kappa shape index (κ1) is 25.2. The van der Waals surface area contributed by atoms with E-state index in [-0.39, 0.29) is 29.5 Å². The van der Waals surface area contributed by atoms with Crippen LogP contribution in [0.1, 0.15) is 65.2 Å². The Balaban J connectivity index is 0.00000289. The molecule has 2 aliphatic heterocycles. The number of hydrogen-bond donors (Lipinski definition) is 1. The summed E-state index contributed by atoms with van der Waals surface area (Å²) in [6.07, 6.45) is 1.54. The van der Waals surface area contributed by atoms with Crippen molar-refractivity contribution < 1.29 is 18.0 Å². The molecule has 0 radical (unpaired) electrons. The average Bonchev–Trinajstić information content (AvgIpc) is 3.20. The van der Waals surface area contributed by atoms with Gasteiger partial charge in [0.1, 0.15) is 0 Å². The Hall–Kier alpha value is -1.47. The van der Waals surface area contributed by atoms with Crippen LogP contribution in [0, 0.1) is 0 Å². The van der Waals surface area contributed by atoms with Gasteiger partial charge in [0, 0.05) is 18.6 Å². The summed E-state index contributed by atoms with van der Waals surface area (Å²) in [7, 11) is 0. The number of halogens is 6. The molecule has 2 heterocycles. The molecule has 0 bridgehead atoms. The van der Waals surface area contributed by atoms with E-state index in [1.54, 1.807) is 0 Å². The van der Waals surface area contributed by atoms with Gasteiger partial charge in [-0.3, -0.25) is 9.69 Å². The monoisotopic (exact) mass is 506 g/mol. The van der Waals surface area contributed by atoms with Crippen LogP contribution in [0.4, 0.5) is 13.2 Å². The van der Waals surface area contributed by atoms with E-state index < -0.39 is 22.7 Å². The van der Waals surface area contributed by atoms with Gasteiger partial charge in [0.2, 0.25) is 0 Å². The van der Waals surface area contributed by atoms with Gasteiger partial charge in [0.25, 0.3) is 5.91 Å². The molecule has 0 aromatic heterocycles. The number of benzene rings is 2. The van der Waals surface area contributed by atoms with Crippen LogP contribution in [-0.4, -0.2) is 23.4 Å². The van der Waals surface area contributed by atoms with Crippen LogP contribution in [0.3, 0.4) is 0 Å². The van der Waals surface area contributed by atoms with Crippen LogP contribution in [0.5, 0.6) is 0 Å². The van der Waals surface area contributed by atoms with Crippen molar-refractivity contribution in [3.63, 3.8) is 0 Å². The molecule has 1 amide bonds. The van der Waals surface area contributed by atoms with Crippen molar-refractivity contribution in [3.05, 3.63) is 68.7 Å². The first-order chi connectivity index (χ1) is 14.8. The molecule has 32 heavy (non-hydrogen) atoms. The third-order valence-corrected chi connectivity index (χ3v) is 6.99. The molecular formula is C23H24Cl3F3N2O. The highest BCUT2D eigenvalue weighted by Crippen LogP contribution is 2.40. The summed E-state index contributed by atoms with van der Waals surface area (Å²) in [6, 6.07) is 11.0. The van der Waals surface area contributed by atoms with Crippen molar-refractivity contribution in [1.82, 2.24) is 10.2 Å². The lowest BCUT2D eigenvalue weighted by atomic mass is 9.91. The van der Waals surface area contributed by atoms with Gasteiger partial charge >= 0.3 is 6.18 Å². The minimum atomic E-state index is -4.67. The number of alkyl halides is 3. The second kappa shape index (κ2) is 10.2. The molecule has 3 nitrogen and oxygen atoms in total. The summed E-state index contributed by atoms with van der Waals surface area (Å²) >= 11 is 11.8. The number of carbonyl (C=O) groups excluding carboxylic acids is 1. The SMILES string of the molecule is Cl.O=C(NCc1ccc(C2CCCC3CCCN32)cc1)c1c(Cl)ccc(C(F)(F)F)c1Cl. The van der Waals surface area contributed by atoms with E-state index >= 15 is 0 Å². The van der Waals surface area contributed by atoms with Crippen LogP contribution >= 0.6 is 35.6 Å². The maximum atomic E-state index is 13.1. The molecule has 4 rings (SSSR count). The molecule has 2 unspecified atom stereocenters. The number of fused-ring (bicyclic) bond motifs is 1. The van der Waals surface area contributed by atoms with E-state index in [4.69, 9.17) is 23.2 Å². The summed E-state index contributed by atoms with van der Waals surface area (Å²) in [5.41, 5.74) is 0.675. The number of piperidine rings is 1. The number of nitrogens with one attached hydrogen (secondary N) is 1. The largest absolute Gasteiger partial charge is 0.417 e. The Morgan fingerprint density at radius 1 is 1.03 bits per heavy atom. The highest BCUT2D eigenvalue weighted by atomic mass is 35.5. The van der Waals surface area contributed by atoms with Crippen LogP contribution in [-0.2, 0) is 12.7 Å². The maximum absolute atomic E-state index is 13.1. The standard InChI is InChI=1S/C23H23Cl2F3N2O.ClH/c24-18-11-10-17(23(26,27)28)21(25)20(18)22(31)29-13-14-6-8-15(9-7-14)19-5-1-3-16-4-2-12-30(16)19;/h6-11,16,19H,1-5,12-13H2,(H,29,31);1H. The number of hydrogen-bond acceptors (Lipinski definition) is 2. The molecule has 0 aliphatic carbocycles. The second-order valence-corrected chi connectivity index (χ2v) is 8.97. The van der Waals surface area contributed by atoms with E-state index in [0.29, 0.717) is 12.1 Å².